The minimum absolute atomic E-state index is 0.852. The van der Waals surface area contributed by atoms with E-state index in [1.807, 2.05) is 6.07 Å². The molecule has 3 heteroatoms. The summed E-state index contributed by atoms with van der Waals surface area (Å²) in [4.78, 5) is 2.62. The molecule has 0 amide bonds. The number of nitrogens with two attached hydrogens (primary N) is 1. The van der Waals surface area contributed by atoms with Crippen molar-refractivity contribution in [1.29, 1.82) is 0 Å². The quantitative estimate of drug-likeness (QED) is 0.832. The summed E-state index contributed by atoms with van der Waals surface area (Å²) in [6.45, 7) is 3.57. The van der Waals surface area contributed by atoms with Crippen LogP contribution in [-0.4, -0.2) is 18.0 Å². The molecule has 1 saturated heterocycles. The van der Waals surface area contributed by atoms with Crippen molar-refractivity contribution >= 4 is 21.6 Å². The molecule has 1 aliphatic carbocycles. The molecule has 1 aliphatic heterocycles. The molecule has 1 aromatic carbocycles. The van der Waals surface area contributed by atoms with Crippen LogP contribution in [0.3, 0.4) is 0 Å². The van der Waals surface area contributed by atoms with Gasteiger partial charge in [-0.3, -0.25) is 4.90 Å². The van der Waals surface area contributed by atoms with Crippen LogP contribution in [0.25, 0.3) is 0 Å². The fourth-order valence-corrected chi connectivity index (χ4v) is 4.17. The molecular weight excluding hydrogens is 300 g/mol. The Morgan fingerprint density at radius 3 is 2.79 bits per heavy atom. The predicted molar refractivity (Wildman–Crippen MR) is 83.9 cm³/mol. The number of hydrogen-bond donors (Lipinski definition) is 1. The molecule has 0 aromatic heterocycles. The molecule has 2 atom stereocenters. The molecule has 0 bridgehead atoms. The van der Waals surface area contributed by atoms with Crippen LogP contribution in [-0.2, 0) is 6.54 Å². The van der Waals surface area contributed by atoms with Crippen LogP contribution < -0.4 is 5.73 Å². The molecule has 2 N–H and O–H groups in total. The fourth-order valence-electron chi connectivity index (χ4n) is 3.78. The molecular formula is C16H23BrN2. The van der Waals surface area contributed by atoms with Gasteiger partial charge in [0.15, 0.2) is 0 Å². The monoisotopic (exact) mass is 322 g/mol. The second kappa shape index (κ2) is 5.84. The molecule has 2 nitrogen and oxygen atoms in total. The highest BCUT2D eigenvalue weighted by Gasteiger charge is 2.31. The minimum Gasteiger partial charge on any atom is -0.398 e. The van der Waals surface area contributed by atoms with Gasteiger partial charge in [0.1, 0.15) is 0 Å². The number of rotatable bonds is 2. The number of nitrogens with zero attached hydrogens (tertiary/aromatic N) is 1. The number of piperidine rings is 1. The first kappa shape index (κ1) is 13.4. The van der Waals surface area contributed by atoms with Gasteiger partial charge in [-0.15, -0.1) is 0 Å². The smallest absolute Gasteiger partial charge is 0.0461 e. The van der Waals surface area contributed by atoms with E-state index in [1.165, 1.54) is 50.8 Å². The highest BCUT2D eigenvalue weighted by atomic mass is 79.9. The SMILES string of the molecule is Nc1cccc(CN2CCC3CCCCC3C2)c1Br. The van der Waals surface area contributed by atoms with Gasteiger partial charge in [0.2, 0.25) is 0 Å². The van der Waals surface area contributed by atoms with Crippen molar-refractivity contribution in [3.05, 3.63) is 28.2 Å². The average molecular weight is 323 g/mol. The van der Waals surface area contributed by atoms with Gasteiger partial charge >= 0.3 is 0 Å². The molecule has 3 rings (SSSR count). The van der Waals surface area contributed by atoms with E-state index in [1.54, 1.807) is 0 Å². The summed E-state index contributed by atoms with van der Waals surface area (Å²) < 4.78 is 1.08. The van der Waals surface area contributed by atoms with Crippen molar-refractivity contribution in [2.24, 2.45) is 11.8 Å². The molecule has 1 saturated carbocycles. The first-order valence-corrected chi connectivity index (χ1v) is 8.28. The van der Waals surface area contributed by atoms with Crippen LogP contribution in [0.4, 0.5) is 5.69 Å². The zero-order chi connectivity index (χ0) is 13.2. The number of likely N-dealkylation sites (tertiary alicyclic amines) is 1. The number of nitrogen functional groups attached to an aromatic ring is 1. The van der Waals surface area contributed by atoms with Crippen LogP contribution in [0.2, 0.25) is 0 Å². The second-order valence-corrected chi connectivity index (χ2v) is 6.94. The van der Waals surface area contributed by atoms with Crippen molar-refractivity contribution in [1.82, 2.24) is 4.90 Å². The Labute approximate surface area is 124 Å². The zero-order valence-electron chi connectivity index (χ0n) is 11.4. The molecule has 1 aromatic rings. The fraction of sp³-hybridized carbons (Fsp3) is 0.625. The average Bonchev–Trinajstić information content (AvgIpc) is 2.44. The Hall–Kier alpha value is -0.540. The Balaban J connectivity index is 1.66. The second-order valence-electron chi connectivity index (χ2n) is 6.15. The standard InChI is InChI=1S/C16H23BrN2/c17-16-14(6-3-7-15(16)18)11-19-9-8-12-4-1-2-5-13(12)10-19/h3,6-7,12-13H,1-2,4-5,8-11,18H2. The third-order valence-electron chi connectivity index (χ3n) is 4.88. The normalized spacial score (nSPS) is 28.1. The minimum atomic E-state index is 0.852. The summed E-state index contributed by atoms with van der Waals surface area (Å²) >= 11 is 3.62. The van der Waals surface area contributed by atoms with E-state index in [0.717, 1.165) is 28.5 Å². The first-order chi connectivity index (χ1) is 9.24. The Morgan fingerprint density at radius 1 is 1.16 bits per heavy atom. The summed E-state index contributed by atoms with van der Waals surface area (Å²) in [6, 6.07) is 6.21. The highest BCUT2D eigenvalue weighted by Crippen LogP contribution is 2.37. The topological polar surface area (TPSA) is 29.3 Å². The molecule has 0 spiro atoms. The Morgan fingerprint density at radius 2 is 1.95 bits per heavy atom. The maximum atomic E-state index is 5.97. The number of anilines is 1. The van der Waals surface area contributed by atoms with Gasteiger partial charge in [-0.05, 0) is 58.8 Å². The van der Waals surface area contributed by atoms with Gasteiger partial charge in [-0.25, -0.2) is 0 Å². The molecule has 19 heavy (non-hydrogen) atoms. The van der Waals surface area contributed by atoms with Crippen LogP contribution in [0.5, 0.6) is 0 Å². The van der Waals surface area contributed by atoms with E-state index in [4.69, 9.17) is 5.73 Å². The maximum absolute atomic E-state index is 5.97. The molecule has 104 valence electrons. The van der Waals surface area contributed by atoms with E-state index in [2.05, 4.69) is 33.0 Å². The van der Waals surface area contributed by atoms with Crippen molar-refractivity contribution in [2.45, 2.75) is 38.6 Å². The lowest BCUT2D eigenvalue weighted by Gasteiger charge is -2.41. The van der Waals surface area contributed by atoms with Gasteiger partial charge in [-0.1, -0.05) is 31.4 Å². The van der Waals surface area contributed by atoms with E-state index in [9.17, 15) is 0 Å². The number of hydrogen-bond acceptors (Lipinski definition) is 2. The molecule has 0 radical (unpaired) electrons. The van der Waals surface area contributed by atoms with Gasteiger partial charge in [-0.2, -0.15) is 0 Å². The van der Waals surface area contributed by atoms with Crippen LogP contribution in [0, 0.1) is 11.8 Å². The highest BCUT2D eigenvalue weighted by molar-refractivity contribution is 9.10. The maximum Gasteiger partial charge on any atom is 0.0461 e. The predicted octanol–water partition coefficient (Wildman–Crippen LogP) is 4.04. The molecule has 2 aliphatic rings. The van der Waals surface area contributed by atoms with Crippen LogP contribution >= 0.6 is 15.9 Å². The summed E-state index contributed by atoms with van der Waals surface area (Å²) in [6.07, 6.45) is 7.21. The summed E-state index contributed by atoms with van der Waals surface area (Å²) in [5, 5.41) is 0. The Kier molecular flexibility index (Phi) is 4.13. The van der Waals surface area contributed by atoms with Gasteiger partial charge in [0.05, 0.1) is 0 Å². The molecule has 2 fully saturated rings. The number of halogens is 1. The Bertz CT molecular complexity index is 446. The lowest BCUT2D eigenvalue weighted by atomic mass is 9.75. The van der Waals surface area contributed by atoms with E-state index in [0.29, 0.717) is 0 Å². The lowest BCUT2D eigenvalue weighted by molar-refractivity contribution is 0.0819. The lowest BCUT2D eigenvalue weighted by Crippen LogP contribution is -2.41. The van der Waals surface area contributed by atoms with Gasteiger partial charge < -0.3 is 5.73 Å². The third-order valence-corrected chi connectivity index (χ3v) is 5.84. The first-order valence-electron chi connectivity index (χ1n) is 7.49. The van der Waals surface area contributed by atoms with Crippen LogP contribution in [0.1, 0.15) is 37.7 Å². The molecule has 1 heterocycles. The summed E-state index contributed by atoms with van der Waals surface area (Å²) in [5.41, 5.74) is 8.15. The van der Waals surface area contributed by atoms with Crippen molar-refractivity contribution < 1.29 is 0 Å². The van der Waals surface area contributed by atoms with E-state index < -0.39 is 0 Å². The van der Waals surface area contributed by atoms with Gasteiger partial charge in [0.25, 0.3) is 0 Å². The van der Waals surface area contributed by atoms with E-state index in [-0.39, 0.29) is 0 Å². The summed E-state index contributed by atoms with van der Waals surface area (Å²) in [7, 11) is 0. The third kappa shape index (κ3) is 2.97. The number of fused-ring (bicyclic) bond motifs is 1. The number of benzene rings is 1. The van der Waals surface area contributed by atoms with Crippen LogP contribution in [0.15, 0.2) is 22.7 Å². The van der Waals surface area contributed by atoms with Gasteiger partial charge in [0, 0.05) is 23.2 Å². The van der Waals surface area contributed by atoms with Crippen molar-refractivity contribution in [3.8, 4) is 0 Å². The molecule has 2 unspecified atom stereocenters. The largest absolute Gasteiger partial charge is 0.398 e. The van der Waals surface area contributed by atoms with E-state index >= 15 is 0 Å². The summed E-state index contributed by atoms with van der Waals surface area (Å²) in [5.74, 6) is 1.96. The van der Waals surface area contributed by atoms with Crippen molar-refractivity contribution in [3.63, 3.8) is 0 Å². The van der Waals surface area contributed by atoms with Crippen molar-refractivity contribution in [2.75, 3.05) is 18.8 Å². The zero-order valence-corrected chi connectivity index (χ0v) is 13.0.